The summed E-state index contributed by atoms with van der Waals surface area (Å²) in [7, 11) is 0. The largest absolute Gasteiger partial charge is 0.285 e. The molecule has 1 saturated heterocycles. The molecule has 4 aliphatic rings. The van der Waals surface area contributed by atoms with Crippen molar-refractivity contribution in [3.8, 4) is 0 Å². The molecule has 0 saturated carbocycles. The molecule has 0 radical (unpaired) electrons. The molecule has 1 fully saturated rings. The van der Waals surface area contributed by atoms with E-state index in [4.69, 9.17) is 0 Å². The summed E-state index contributed by atoms with van der Waals surface area (Å²) < 4.78 is 0. The predicted octanol–water partition coefficient (Wildman–Crippen LogP) is 2.93. The molecule has 2 heterocycles. The Kier molecular flexibility index (Phi) is 3.06. The molecule has 1 aliphatic heterocycles. The Morgan fingerprint density at radius 2 is 1.62 bits per heavy atom. The number of imide groups is 1. The zero-order valence-electron chi connectivity index (χ0n) is 14.9. The van der Waals surface area contributed by atoms with Crippen molar-refractivity contribution in [3.05, 3.63) is 92.5 Å². The van der Waals surface area contributed by atoms with Gasteiger partial charge in [-0.3, -0.25) is 19.7 Å². The van der Waals surface area contributed by atoms with E-state index in [1.54, 1.807) is 29.6 Å². The molecule has 2 bridgehead atoms. The summed E-state index contributed by atoms with van der Waals surface area (Å²) in [6, 6.07) is 14.3. The van der Waals surface area contributed by atoms with Crippen LogP contribution in [0.4, 0.5) is 5.13 Å². The zero-order chi connectivity index (χ0) is 19.9. The van der Waals surface area contributed by atoms with Gasteiger partial charge in [0.1, 0.15) is 5.92 Å². The monoisotopic (exact) mass is 403 g/mol. The molecule has 8 heteroatoms. The van der Waals surface area contributed by atoms with Gasteiger partial charge >= 0.3 is 0 Å². The van der Waals surface area contributed by atoms with Crippen molar-refractivity contribution < 1.29 is 14.5 Å². The molecule has 0 unspecified atom stereocenters. The van der Waals surface area contributed by atoms with E-state index in [2.05, 4.69) is 4.98 Å². The fourth-order valence-corrected chi connectivity index (χ4v) is 6.21. The second-order valence-corrected chi connectivity index (χ2v) is 8.38. The van der Waals surface area contributed by atoms with Crippen molar-refractivity contribution in [2.75, 3.05) is 4.90 Å². The van der Waals surface area contributed by atoms with Crippen molar-refractivity contribution in [2.45, 2.75) is 11.5 Å². The lowest BCUT2D eigenvalue weighted by atomic mass is 9.51. The number of rotatable bonds is 2. The molecule has 3 aromatic rings. The standard InChI is InChI=1S/C21H13N3O4S/c25-18-16-15-11-5-1-3-7-13(11)21(24(27)28,14-8-4-2-6-12(14)15)17(16)19(26)23(18)20-22-9-10-29-20/h1-10,15-17H/t15?,16-,17+,21?/m0/s1. The van der Waals surface area contributed by atoms with Crippen LogP contribution in [0.3, 0.4) is 0 Å². The lowest BCUT2D eigenvalue weighted by Gasteiger charge is -2.48. The number of aromatic nitrogens is 1. The number of anilines is 1. The molecule has 0 N–H and O–H groups in total. The Bertz CT molecular complexity index is 1170. The van der Waals surface area contributed by atoms with Crippen molar-refractivity contribution >= 4 is 28.3 Å². The minimum absolute atomic E-state index is 0.264. The zero-order valence-corrected chi connectivity index (χ0v) is 15.7. The van der Waals surface area contributed by atoms with Gasteiger partial charge in [0, 0.05) is 33.5 Å². The number of nitro groups is 1. The van der Waals surface area contributed by atoms with E-state index in [1.165, 1.54) is 17.5 Å². The topological polar surface area (TPSA) is 93.4 Å². The number of thiazole rings is 1. The van der Waals surface area contributed by atoms with Crippen molar-refractivity contribution in [3.63, 3.8) is 0 Å². The Balaban J connectivity index is 1.72. The fraction of sp³-hybridized carbons (Fsp3) is 0.190. The minimum Gasteiger partial charge on any atom is -0.274 e. The summed E-state index contributed by atoms with van der Waals surface area (Å²) in [5.74, 6) is -3.25. The Morgan fingerprint density at radius 1 is 1.00 bits per heavy atom. The summed E-state index contributed by atoms with van der Waals surface area (Å²) in [6.45, 7) is 0. The SMILES string of the molecule is O=C1[C@H]2C3c4ccccc4C([N+](=O)[O-])(c4ccccc43)[C@H]2C(=O)N1c1nccs1. The van der Waals surface area contributed by atoms with E-state index in [1.807, 2.05) is 24.3 Å². The van der Waals surface area contributed by atoms with Crippen LogP contribution in [0.25, 0.3) is 0 Å². The number of hydrogen-bond acceptors (Lipinski definition) is 6. The Labute approximate surface area is 168 Å². The van der Waals surface area contributed by atoms with Crippen LogP contribution in [0.2, 0.25) is 0 Å². The molecule has 2 atom stereocenters. The molecule has 7 nitrogen and oxygen atoms in total. The van der Waals surface area contributed by atoms with Crippen LogP contribution in [-0.4, -0.2) is 21.7 Å². The average molecular weight is 403 g/mol. The third-order valence-corrected chi connectivity index (χ3v) is 7.23. The minimum atomic E-state index is -1.79. The van der Waals surface area contributed by atoms with Gasteiger partial charge in [-0.2, -0.15) is 0 Å². The van der Waals surface area contributed by atoms with E-state index in [-0.39, 0.29) is 10.1 Å². The second-order valence-electron chi connectivity index (χ2n) is 7.51. The first-order chi connectivity index (χ1) is 14.1. The van der Waals surface area contributed by atoms with Gasteiger partial charge in [0.05, 0.1) is 5.92 Å². The maximum absolute atomic E-state index is 13.5. The average Bonchev–Trinajstić information content (AvgIpc) is 3.35. The van der Waals surface area contributed by atoms with E-state index >= 15 is 0 Å². The molecule has 2 amide bonds. The van der Waals surface area contributed by atoms with Gasteiger partial charge in [-0.1, -0.05) is 48.5 Å². The highest BCUT2D eigenvalue weighted by molar-refractivity contribution is 7.14. The molecule has 0 spiro atoms. The van der Waals surface area contributed by atoms with Gasteiger partial charge in [0.2, 0.25) is 11.8 Å². The number of nitrogens with zero attached hydrogens (tertiary/aromatic N) is 3. The number of hydrogen-bond donors (Lipinski definition) is 0. The highest BCUT2D eigenvalue weighted by Crippen LogP contribution is 2.64. The molecule has 142 valence electrons. The van der Waals surface area contributed by atoms with E-state index in [0.717, 1.165) is 16.0 Å². The van der Waals surface area contributed by atoms with Crippen LogP contribution < -0.4 is 4.90 Å². The number of carbonyl (C=O) groups excluding carboxylic acids is 2. The summed E-state index contributed by atoms with van der Waals surface area (Å²) >= 11 is 1.17. The molecule has 7 rings (SSSR count). The second kappa shape index (κ2) is 5.36. The molecule has 3 aliphatic carbocycles. The van der Waals surface area contributed by atoms with Crippen molar-refractivity contribution in [2.24, 2.45) is 11.8 Å². The van der Waals surface area contributed by atoms with Crippen LogP contribution in [0.5, 0.6) is 0 Å². The first-order valence-electron chi connectivity index (χ1n) is 9.19. The quantitative estimate of drug-likeness (QED) is 0.373. The summed E-state index contributed by atoms with van der Waals surface area (Å²) in [6.07, 6.45) is 1.52. The summed E-state index contributed by atoms with van der Waals surface area (Å²) in [4.78, 5) is 44.6. The Hall–Kier alpha value is -3.39. The fourth-order valence-electron chi connectivity index (χ4n) is 5.56. The molecular weight excluding hydrogens is 390 g/mol. The summed E-state index contributed by atoms with van der Waals surface area (Å²) in [5, 5.41) is 14.7. The third-order valence-electron chi connectivity index (χ3n) is 6.47. The molecular formula is C21H13N3O4S. The lowest BCUT2D eigenvalue weighted by molar-refractivity contribution is -0.578. The van der Waals surface area contributed by atoms with Crippen molar-refractivity contribution in [1.82, 2.24) is 4.98 Å². The van der Waals surface area contributed by atoms with Crippen LogP contribution in [0, 0.1) is 22.0 Å². The van der Waals surface area contributed by atoms with Gasteiger partial charge in [0.25, 0.3) is 5.54 Å². The lowest BCUT2D eigenvalue weighted by Crippen LogP contribution is -2.57. The van der Waals surface area contributed by atoms with Crippen LogP contribution in [-0.2, 0) is 15.1 Å². The maximum Gasteiger partial charge on any atom is 0.285 e. The van der Waals surface area contributed by atoms with E-state index in [0.29, 0.717) is 11.1 Å². The van der Waals surface area contributed by atoms with Crippen LogP contribution in [0.1, 0.15) is 28.2 Å². The van der Waals surface area contributed by atoms with E-state index < -0.39 is 35.1 Å². The molecule has 1 aromatic heterocycles. The highest BCUT2D eigenvalue weighted by Gasteiger charge is 2.75. The molecule has 29 heavy (non-hydrogen) atoms. The number of benzene rings is 2. The first-order valence-corrected chi connectivity index (χ1v) is 10.1. The Morgan fingerprint density at radius 3 is 2.17 bits per heavy atom. The maximum atomic E-state index is 13.5. The normalized spacial score (nSPS) is 28.8. The van der Waals surface area contributed by atoms with Gasteiger partial charge in [-0.05, 0) is 11.1 Å². The van der Waals surface area contributed by atoms with Gasteiger partial charge in [-0.15, -0.1) is 11.3 Å². The summed E-state index contributed by atoms with van der Waals surface area (Å²) in [5.41, 5.74) is 0.748. The first kappa shape index (κ1) is 16.6. The highest BCUT2D eigenvalue weighted by atomic mass is 32.1. The van der Waals surface area contributed by atoms with E-state index in [9.17, 15) is 19.7 Å². The number of carbonyl (C=O) groups is 2. The van der Waals surface area contributed by atoms with Crippen molar-refractivity contribution in [1.29, 1.82) is 0 Å². The predicted molar refractivity (Wildman–Crippen MR) is 104 cm³/mol. The molecule has 2 aromatic carbocycles. The number of amides is 2. The van der Waals surface area contributed by atoms with Gasteiger partial charge in [0.15, 0.2) is 5.13 Å². The van der Waals surface area contributed by atoms with Gasteiger partial charge in [-0.25, -0.2) is 9.88 Å². The van der Waals surface area contributed by atoms with Crippen LogP contribution in [0.15, 0.2) is 60.1 Å². The van der Waals surface area contributed by atoms with Crippen LogP contribution >= 0.6 is 11.3 Å². The van der Waals surface area contributed by atoms with Gasteiger partial charge < -0.3 is 0 Å². The smallest absolute Gasteiger partial charge is 0.274 e. The third kappa shape index (κ3) is 1.72.